The van der Waals surface area contributed by atoms with Crippen molar-refractivity contribution in [1.82, 2.24) is 14.9 Å². The molecule has 0 fully saturated rings. The standard InChI is InChI=1S/C9H17N3O2/c1-12-5-4-11-8(12)6-10-7-9(13-2)14-3/h4-5,9-10H,6-7H2,1-3H3. The van der Waals surface area contributed by atoms with Crippen LogP contribution in [0.25, 0.3) is 0 Å². The summed E-state index contributed by atoms with van der Waals surface area (Å²) in [6.07, 6.45) is 3.50. The second-order valence-electron chi connectivity index (χ2n) is 2.99. The summed E-state index contributed by atoms with van der Waals surface area (Å²) in [6.45, 7) is 1.37. The number of nitrogens with one attached hydrogen (secondary N) is 1. The second-order valence-corrected chi connectivity index (χ2v) is 2.99. The molecular weight excluding hydrogens is 182 g/mol. The third-order valence-corrected chi connectivity index (χ3v) is 2.04. The molecule has 0 aromatic carbocycles. The Hall–Kier alpha value is -0.910. The van der Waals surface area contributed by atoms with Crippen LogP contribution in [0.4, 0.5) is 0 Å². The van der Waals surface area contributed by atoms with Gasteiger partial charge < -0.3 is 19.4 Å². The molecule has 1 N–H and O–H groups in total. The maximum Gasteiger partial charge on any atom is 0.169 e. The van der Waals surface area contributed by atoms with E-state index in [1.807, 2.05) is 17.8 Å². The maximum absolute atomic E-state index is 5.04. The van der Waals surface area contributed by atoms with Gasteiger partial charge in [0, 0.05) is 40.2 Å². The van der Waals surface area contributed by atoms with Gasteiger partial charge in [-0.1, -0.05) is 0 Å². The maximum atomic E-state index is 5.04. The van der Waals surface area contributed by atoms with Crippen LogP contribution in [0.3, 0.4) is 0 Å². The Morgan fingerprint density at radius 2 is 2.21 bits per heavy atom. The van der Waals surface area contributed by atoms with Crippen molar-refractivity contribution < 1.29 is 9.47 Å². The fourth-order valence-electron chi connectivity index (χ4n) is 1.13. The second kappa shape index (κ2) is 5.74. The van der Waals surface area contributed by atoms with Crippen molar-refractivity contribution in [3.05, 3.63) is 18.2 Å². The molecular formula is C9H17N3O2. The minimum Gasteiger partial charge on any atom is -0.355 e. The number of hydrogen-bond donors (Lipinski definition) is 1. The van der Waals surface area contributed by atoms with Crippen LogP contribution in [0.1, 0.15) is 5.82 Å². The van der Waals surface area contributed by atoms with Crippen LogP contribution >= 0.6 is 0 Å². The molecule has 14 heavy (non-hydrogen) atoms. The highest BCUT2D eigenvalue weighted by Gasteiger charge is 2.04. The molecule has 0 atom stereocenters. The number of imidazole rings is 1. The average molecular weight is 199 g/mol. The van der Waals surface area contributed by atoms with Gasteiger partial charge in [0.1, 0.15) is 5.82 Å². The molecule has 80 valence electrons. The highest BCUT2D eigenvalue weighted by molar-refractivity contribution is 4.90. The molecule has 0 unspecified atom stereocenters. The number of rotatable bonds is 6. The van der Waals surface area contributed by atoms with Gasteiger partial charge in [0.15, 0.2) is 6.29 Å². The minimum absolute atomic E-state index is 0.199. The Labute approximate surface area is 84.0 Å². The monoisotopic (exact) mass is 199 g/mol. The molecule has 0 saturated heterocycles. The van der Waals surface area contributed by atoms with E-state index in [1.54, 1.807) is 20.4 Å². The van der Waals surface area contributed by atoms with Gasteiger partial charge in [-0.25, -0.2) is 4.98 Å². The predicted molar refractivity (Wildman–Crippen MR) is 52.7 cm³/mol. The first-order valence-electron chi connectivity index (χ1n) is 4.50. The normalized spacial score (nSPS) is 11.1. The number of aryl methyl sites for hydroxylation is 1. The Kier molecular flexibility index (Phi) is 4.58. The van der Waals surface area contributed by atoms with Crippen molar-refractivity contribution in [2.75, 3.05) is 20.8 Å². The van der Waals surface area contributed by atoms with Crippen LogP contribution in [-0.4, -0.2) is 36.6 Å². The molecule has 0 spiro atoms. The van der Waals surface area contributed by atoms with E-state index in [0.717, 1.165) is 5.82 Å². The molecule has 1 rings (SSSR count). The van der Waals surface area contributed by atoms with Crippen LogP contribution in [-0.2, 0) is 23.1 Å². The molecule has 0 aliphatic heterocycles. The Morgan fingerprint density at radius 3 is 2.71 bits per heavy atom. The average Bonchev–Trinajstić information content (AvgIpc) is 2.59. The summed E-state index contributed by atoms with van der Waals surface area (Å²) in [5.41, 5.74) is 0. The lowest BCUT2D eigenvalue weighted by molar-refractivity contribution is -0.0989. The zero-order chi connectivity index (χ0) is 10.4. The largest absolute Gasteiger partial charge is 0.355 e. The van der Waals surface area contributed by atoms with Crippen LogP contribution in [0.15, 0.2) is 12.4 Å². The predicted octanol–water partition coefficient (Wildman–Crippen LogP) is 0.129. The molecule has 0 saturated carbocycles. The lowest BCUT2D eigenvalue weighted by atomic mass is 10.5. The summed E-state index contributed by atoms with van der Waals surface area (Å²) in [4.78, 5) is 4.18. The molecule has 1 aromatic rings. The Bertz CT molecular complexity index is 258. The van der Waals surface area contributed by atoms with Crippen molar-refractivity contribution >= 4 is 0 Å². The van der Waals surface area contributed by atoms with Gasteiger partial charge in [-0.2, -0.15) is 0 Å². The van der Waals surface area contributed by atoms with Crippen molar-refractivity contribution in [2.45, 2.75) is 12.8 Å². The van der Waals surface area contributed by atoms with E-state index in [4.69, 9.17) is 9.47 Å². The van der Waals surface area contributed by atoms with Crippen LogP contribution < -0.4 is 5.32 Å². The minimum atomic E-state index is -0.199. The van der Waals surface area contributed by atoms with Gasteiger partial charge in [0.2, 0.25) is 0 Å². The number of ether oxygens (including phenoxy) is 2. The fourth-order valence-corrected chi connectivity index (χ4v) is 1.13. The Balaban J connectivity index is 2.24. The van der Waals surface area contributed by atoms with E-state index in [2.05, 4.69) is 10.3 Å². The Morgan fingerprint density at radius 1 is 1.50 bits per heavy atom. The summed E-state index contributed by atoms with van der Waals surface area (Å²) in [7, 11) is 5.21. The van der Waals surface area contributed by atoms with E-state index < -0.39 is 0 Å². The van der Waals surface area contributed by atoms with E-state index in [0.29, 0.717) is 13.1 Å². The highest BCUT2D eigenvalue weighted by atomic mass is 16.7. The van der Waals surface area contributed by atoms with Gasteiger partial charge in [0.25, 0.3) is 0 Å². The van der Waals surface area contributed by atoms with E-state index in [-0.39, 0.29) is 6.29 Å². The molecule has 5 nitrogen and oxygen atoms in total. The summed E-state index contributed by atoms with van der Waals surface area (Å²) >= 11 is 0. The number of hydrogen-bond acceptors (Lipinski definition) is 4. The lowest BCUT2D eigenvalue weighted by Gasteiger charge is -2.13. The van der Waals surface area contributed by atoms with Gasteiger partial charge in [0.05, 0.1) is 6.54 Å². The smallest absolute Gasteiger partial charge is 0.169 e. The first-order valence-corrected chi connectivity index (χ1v) is 4.50. The third kappa shape index (κ3) is 3.10. The van der Waals surface area contributed by atoms with Gasteiger partial charge in [-0.3, -0.25) is 0 Å². The van der Waals surface area contributed by atoms with Gasteiger partial charge in [-0.15, -0.1) is 0 Å². The summed E-state index contributed by atoms with van der Waals surface area (Å²) in [6, 6.07) is 0. The van der Waals surface area contributed by atoms with E-state index in [1.165, 1.54) is 0 Å². The van der Waals surface area contributed by atoms with Crippen LogP contribution in [0.2, 0.25) is 0 Å². The van der Waals surface area contributed by atoms with Crippen molar-refractivity contribution in [1.29, 1.82) is 0 Å². The molecule has 0 aliphatic rings. The molecule has 0 aliphatic carbocycles. The lowest BCUT2D eigenvalue weighted by Crippen LogP contribution is -2.30. The number of methoxy groups -OCH3 is 2. The first-order chi connectivity index (χ1) is 6.77. The number of nitrogens with zero attached hydrogens (tertiary/aromatic N) is 2. The molecule has 0 radical (unpaired) electrons. The van der Waals surface area contributed by atoms with Crippen molar-refractivity contribution in [2.24, 2.45) is 7.05 Å². The molecule has 0 bridgehead atoms. The van der Waals surface area contributed by atoms with Crippen molar-refractivity contribution in [3.63, 3.8) is 0 Å². The fraction of sp³-hybridized carbons (Fsp3) is 0.667. The summed E-state index contributed by atoms with van der Waals surface area (Å²) in [5, 5.41) is 3.20. The van der Waals surface area contributed by atoms with Crippen LogP contribution in [0.5, 0.6) is 0 Å². The number of aromatic nitrogens is 2. The molecule has 1 heterocycles. The first kappa shape index (κ1) is 11.2. The zero-order valence-electron chi connectivity index (χ0n) is 8.86. The molecule has 1 aromatic heterocycles. The summed E-state index contributed by atoms with van der Waals surface area (Å²) < 4.78 is 12.0. The topological polar surface area (TPSA) is 48.3 Å². The van der Waals surface area contributed by atoms with Gasteiger partial charge >= 0.3 is 0 Å². The zero-order valence-corrected chi connectivity index (χ0v) is 8.86. The van der Waals surface area contributed by atoms with Crippen LogP contribution in [0, 0.1) is 0 Å². The highest BCUT2D eigenvalue weighted by Crippen LogP contribution is 1.94. The summed E-state index contributed by atoms with van der Waals surface area (Å²) in [5.74, 6) is 0.996. The van der Waals surface area contributed by atoms with Gasteiger partial charge in [-0.05, 0) is 0 Å². The molecule has 0 amide bonds. The quantitative estimate of drug-likeness (QED) is 0.661. The SMILES string of the molecule is COC(CNCc1nccn1C)OC. The van der Waals surface area contributed by atoms with E-state index >= 15 is 0 Å². The molecule has 5 heteroatoms. The third-order valence-electron chi connectivity index (χ3n) is 2.04. The van der Waals surface area contributed by atoms with Crippen molar-refractivity contribution in [3.8, 4) is 0 Å². The van der Waals surface area contributed by atoms with E-state index in [9.17, 15) is 0 Å².